The quantitative estimate of drug-likeness (QED) is 0.641. The average molecular weight is 251 g/mol. The summed E-state index contributed by atoms with van der Waals surface area (Å²) in [5, 5.41) is 5.52. The summed E-state index contributed by atoms with van der Waals surface area (Å²) in [5.41, 5.74) is 7.34. The van der Waals surface area contributed by atoms with Crippen LogP contribution in [-0.2, 0) is 6.42 Å². The van der Waals surface area contributed by atoms with Gasteiger partial charge in [-0.05, 0) is 42.2 Å². The van der Waals surface area contributed by atoms with Gasteiger partial charge in [0.25, 0.3) is 0 Å². The molecule has 0 radical (unpaired) electrons. The van der Waals surface area contributed by atoms with E-state index in [0.29, 0.717) is 17.9 Å². The van der Waals surface area contributed by atoms with Gasteiger partial charge in [-0.15, -0.1) is 11.3 Å². The van der Waals surface area contributed by atoms with Crippen LogP contribution in [-0.4, -0.2) is 12.5 Å². The molecule has 0 aliphatic heterocycles. The SMILES string of the molecule is CC(C)CN=C(N)NC1CCCc2sccc21. The zero-order valence-corrected chi connectivity index (χ0v) is 11.4. The fourth-order valence-corrected chi connectivity index (χ4v) is 3.13. The van der Waals surface area contributed by atoms with Crippen LogP contribution in [0.5, 0.6) is 0 Å². The van der Waals surface area contributed by atoms with E-state index in [4.69, 9.17) is 5.73 Å². The minimum absolute atomic E-state index is 0.362. The summed E-state index contributed by atoms with van der Waals surface area (Å²) in [4.78, 5) is 5.87. The summed E-state index contributed by atoms with van der Waals surface area (Å²) in [6, 6.07) is 2.58. The highest BCUT2D eigenvalue weighted by Crippen LogP contribution is 2.32. The first kappa shape index (κ1) is 12.4. The van der Waals surface area contributed by atoms with E-state index in [1.165, 1.54) is 23.3 Å². The van der Waals surface area contributed by atoms with Crippen LogP contribution in [0.2, 0.25) is 0 Å². The molecular formula is C13H21N3S. The molecule has 17 heavy (non-hydrogen) atoms. The van der Waals surface area contributed by atoms with Gasteiger partial charge >= 0.3 is 0 Å². The molecular weight excluding hydrogens is 230 g/mol. The number of aryl methyl sites for hydroxylation is 1. The van der Waals surface area contributed by atoms with E-state index in [-0.39, 0.29) is 0 Å². The Balaban J connectivity index is 1.99. The maximum absolute atomic E-state index is 5.92. The summed E-state index contributed by atoms with van der Waals surface area (Å²) in [6.45, 7) is 5.09. The highest BCUT2D eigenvalue weighted by molar-refractivity contribution is 7.10. The normalized spacial score (nSPS) is 20.4. The lowest BCUT2D eigenvalue weighted by atomic mass is 9.94. The van der Waals surface area contributed by atoms with Crippen LogP contribution in [0.4, 0.5) is 0 Å². The Morgan fingerprint density at radius 1 is 1.65 bits per heavy atom. The molecule has 1 aromatic heterocycles. The number of thiophene rings is 1. The molecule has 2 rings (SSSR count). The number of hydrogen-bond acceptors (Lipinski definition) is 2. The summed E-state index contributed by atoms with van der Waals surface area (Å²) in [5.74, 6) is 1.14. The number of rotatable bonds is 3. The van der Waals surface area contributed by atoms with Gasteiger partial charge in [0.1, 0.15) is 0 Å². The van der Waals surface area contributed by atoms with E-state index in [9.17, 15) is 0 Å². The molecule has 1 unspecified atom stereocenters. The minimum Gasteiger partial charge on any atom is -0.370 e. The molecule has 0 saturated heterocycles. The molecule has 0 aromatic carbocycles. The minimum atomic E-state index is 0.362. The third kappa shape index (κ3) is 3.22. The highest BCUT2D eigenvalue weighted by atomic mass is 32.1. The van der Waals surface area contributed by atoms with Gasteiger partial charge in [-0.3, -0.25) is 4.99 Å². The lowest BCUT2D eigenvalue weighted by Gasteiger charge is -2.24. The predicted molar refractivity (Wildman–Crippen MR) is 74.5 cm³/mol. The molecule has 1 aromatic rings. The van der Waals surface area contributed by atoms with E-state index in [0.717, 1.165) is 13.0 Å². The Morgan fingerprint density at radius 3 is 3.24 bits per heavy atom. The van der Waals surface area contributed by atoms with Gasteiger partial charge in [0.05, 0.1) is 6.04 Å². The maximum Gasteiger partial charge on any atom is 0.189 e. The fourth-order valence-electron chi connectivity index (χ4n) is 2.14. The third-order valence-electron chi connectivity index (χ3n) is 3.00. The number of guanidine groups is 1. The molecule has 1 aliphatic rings. The number of hydrogen-bond donors (Lipinski definition) is 2. The molecule has 0 saturated carbocycles. The second-order valence-corrected chi connectivity index (χ2v) is 6.01. The summed E-state index contributed by atoms with van der Waals surface area (Å²) < 4.78 is 0. The Morgan fingerprint density at radius 2 is 2.47 bits per heavy atom. The van der Waals surface area contributed by atoms with E-state index in [1.54, 1.807) is 0 Å². The molecule has 1 atom stereocenters. The summed E-state index contributed by atoms with van der Waals surface area (Å²) >= 11 is 1.85. The van der Waals surface area contributed by atoms with Crippen LogP contribution >= 0.6 is 11.3 Å². The number of aliphatic imine (C=N–C) groups is 1. The highest BCUT2D eigenvalue weighted by Gasteiger charge is 2.21. The van der Waals surface area contributed by atoms with Crippen molar-refractivity contribution in [1.29, 1.82) is 0 Å². The number of nitrogens with one attached hydrogen (secondary N) is 1. The lowest BCUT2D eigenvalue weighted by molar-refractivity contribution is 0.529. The smallest absolute Gasteiger partial charge is 0.189 e. The first-order valence-corrected chi connectivity index (χ1v) is 7.17. The van der Waals surface area contributed by atoms with Gasteiger partial charge in [0.15, 0.2) is 5.96 Å². The zero-order valence-electron chi connectivity index (χ0n) is 10.6. The second-order valence-electron chi connectivity index (χ2n) is 5.01. The Labute approximate surface area is 107 Å². The summed E-state index contributed by atoms with van der Waals surface area (Å²) in [7, 11) is 0. The van der Waals surface area contributed by atoms with Gasteiger partial charge in [-0.2, -0.15) is 0 Å². The molecule has 3 N–H and O–H groups in total. The standard InChI is InChI=1S/C13H21N3S/c1-9(2)8-15-13(14)16-11-4-3-5-12-10(11)6-7-17-12/h6-7,9,11H,3-5,8H2,1-2H3,(H3,14,15,16). The topological polar surface area (TPSA) is 50.4 Å². The van der Waals surface area contributed by atoms with Crippen LogP contribution in [0.15, 0.2) is 16.4 Å². The van der Waals surface area contributed by atoms with E-state index < -0.39 is 0 Å². The predicted octanol–water partition coefficient (Wildman–Crippen LogP) is 2.69. The molecule has 0 spiro atoms. The fraction of sp³-hybridized carbons (Fsp3) is 0.615. The van der Waals surface area contributed by atoms with Gasteiger partial charge in [-0.25, -0.2) is 0 Å². The molecule has 0 fully saturated rings. The van der Waals surface area contributed by atoms with Crippen molar-refractivity contribution in [2.75, 3.05) is 6.54 Å². The molecule has 0 bridgehead atoms. The molecule has 0 amide bonds. The first-order chi connectivity index (χ1) is 8.16. The number of fused-ring (bicyclic) bond motifs is 1. The summed E-state index contributed by atoms with van der Waals surface area (Å²) in [6.07, 6.45) is 3.61. The van der Waals surface area contributed by atoms with Crippen LogP contribution in [0.1, 0.15) is 43.2 Å². The van der Waals surface area contributed by atoms with Crippen molar-refractivity contribution < 1.29 is 0 Å². The molecule has 4 heteroatoms. The number of nitrogens with two attached hydrogens (primary N) is 1. The average Bonchev–Trinajstić information content (AvgIpc) is 2.75. The first-order valence-electron chi connectivity index (χ1n) is 6.29. The Kier molecular flexibility index (Phi) is 4.05. The van der Waals surface area contributed by atoms with Gasteiger partial charge < -0.3 is 11.1 Å². The van der Waals surface area contributed by atoms with Crippen molar-refractivity contribution in [3.63, 3.8) is 0 Å². The van der Waals surface area contributed by atoms with Crippen molar-refractivity contribution in [3.8, 4) is 0 Å². The van der Waals surface area contributed by atoms with E-state index >= 15 is 0 Å². The third-order valence-corrected chi connectivity index (χ3v) is 4.00. The van der Waals surface area contributed by atoms with Crippen LogP contribution in [0.3, 0.4) is 0 Å². The zero-order chi connectivity index (χ0) is 12.3. The lowest BCUT2D eigenvalue weighted by Crippen LogP contribution is -2.36. The van der Waals surface area contributed by atoms with Crippen molar-refractivity contribution in [2.24, 2.45) is 16.6 Å². The van der Waals surface area contributed by atoms with Gasteiger partial charge in [-0.1, -0.05) is 13.8 Å². The maximum atomic E-state index is 5.92. The van der Waals surface area contributed by atoms with E-state index in [2.05, 4.69) is 35.6 Å². The monoisotopic (exact) mass is 251 g/mol. The van der Waals surface area contributed by atoms with Crippen LogP contribution in [0.25, 0.3) is 0 Å². The van der Waals surface area contributed by atoms with Crippen molar-refractivity contribution in [1.82, 2.24) is 5.32 Å². The number of nitrogens with zero attached hydrogens (tertiary/aromatic N) is 1. The molecule has 1 aliphatic carbocycles. The van der Waals surface area contributed by atoms with E-state index in [1.807, 2.05) is 11.3 Å². The van der Waals surface area contributed by atoms with Crippen molar-refractivity contribution in [2.45, 2.75) is 39.2 Å². The molecule has 1 heterocycles. The molecule has 94 valence electrons. The van der Waals surface area contributed by atoms with Crippen LogP contribution < -0.4 is 11.1 Å². The molecule has 3 nitrogen and oxygen atoms in total. The van der Waals surface area contributed by atoms with Crippen molar-refractivity contribution >= 4 is 17.3 Å². The van der Waals surface area contributed by atoms with Crippen molar-refractivity contribution in [3.05, 3.63) is 21.9 Å². The Bertz CT molecular complexity index is 395. The second kappa shape index (κ2) is 5.54. The van der Waals surface area contributed by atoms with Crippen LogP contribution in [0, 0.1) is 5.92 Å². The van der Waals surface area contributed by atoms with Gasteiger partial charge in [0, 0.05) is 11.4 Å². The largest absolute Gasteiger partial charge is 0.370 e. The Hall–Kier alpha value is -1.03. The van der Waals surface area contributed by atoms with Gasteiger partial charge in [0.2, 0.25) is 0 Å².